The first-order chi connectivity index (χ1) is 7.53. The largest absolute Gasteiger partial charge is 4.00 e. The fourth-order valence-corrected chi connectivity index (χ4v) is 4.57. The van der Waals surface area contributed by atoms with Gasteiger partial charge in [0.05, 0.1) is 0 Å². The van der Waals surface area contributed by atoms with Gasteiger partial charge < -0.3 is 22.3 Å². The molecule has 0 bridgehead atoms. The Hall–Kier alpha value is 0.281. The summed E-state index contributed by atoms with van der Waals surface area (Å²) in [6.45, 7) is 9.77. The Morgan fingerprint density at radius 1 is 1.10 bits per heavy atom. The van der Waals surface area contributed by atoms with Crippen LogP contribution in [0.5, 0.6) is 0 Å². The van der Waals surface area contributed by atoms with E-state index in [0.717, 1.165) is 0 Å². The van der Waals surface area contributed by atoms with E-state index in [4.69, 9.17) is 0 Å². The van der Waals surface area contributed by atoms with E-state index in [2.05, 4.69) is 33.0 Å². The Morgan fingerprint density at radius 3 is 2.20 bits per heavy atom. The van der Waals surface area contributed by atoms with Gasteiger partial charge in [-0.15, -0.1) is 0 Å². The van der Waals surface area contributed by atoms with Gasteiger partial charge in [0.15, 0.2) is 0 Å². The summed E-state index contributed by atoms with van der Waals surface area (Å²) in [6, 6.07) is 5.29. The number of aryl methyl sites for hydroxylation is 2. The van der Waals surface area contributed by atoms with E-state index in [0.29, 0.717) is 0 Å². The smallest absolute Gasteiger partial charge is 0.358 e. The van der Waals surface area contributed by atoms with Gasteiger partial charge in [0.1, 0.15) is 0 Å². The minimum Gasteiger partial charge on any atom is -0.358 e. The summed E-state index contributed by atoms with van der Waals surface area (Å²) >= 11 is 0. The molecule has 2 heteroatoms. The molecule has 1 aromatic carbocycles. The molecule has 0 saturated carbocycles. The molecule has 0 radical (unpaired) electrons. The fraction of sp³-hybridized carbons (Fsp3) is 0.556. The van der Waals surface area contributed by atoms with E-state index in [1.807, 2.05) is 0 Å². The van der Waals surface area contributed by atoms with E-state index >= 15 is 0 Å². The third kappa shape index (κ3) is 5.58. The summed E-state index contributed by atoms with van der Waals surface area (Å²) in [5.41, 5.74) is 6.76. The molecule has 0 fully saturated rings. The third-order valence-corrected chi connectivity index (χ3v) is 7.58. The zero-order valence-electron chi connectivity index (χ0n) is 14.8. The molecule has 0 aliphatic heterocycles. The molecule has 0 amide bonds. The normalized spacial score (nSPS) is 13.0. The van der Waals surface area contributed by atoms with Crippen molar-refractivity contribution in [3.63, 3.8) is 0 Å². The van der Waals surface area contributed by atoms with Gasteiger partial charge in [-0.2, -0.15) is 22.3 Å². The van der Waals surface area contributed by atoms with Crippen LogP contribution < -0.4 is 0 Å². The van der Waals surface area contributed by atoms with Gasteiger partial charge in [-0.1, -0.05) is 64.7 Å². The minimum absolute atomic E-state index is 0. The van der Waals surface area contributed by atoms with Gasteiger partial charge in [0.2, 0.25) is 0 Å². The van der Waals surface area contributed by atoms with E-state index in [1.165, 1.54) is 37.8 Å². The van der Waals surface area contributed by atoms with Crippen LogP contribution in [0.15, 0.2) is 6.07 Å². The summed E-state index contributed by atoms with van der Waals surface area (Å²) < 4.78 is 0. The molecule has 2 rings (SSSR count). The summed E-state index contributed by atoms with van der Waals surface area (Å²) in [7, 11) is -0.972. The second-order valence-electron chi connectivity index (χ2n) is 6.21. The van der Waals surface area contributed by atoms with Crippen LogP contribution in [0, 0.1) is 29.2 Å². The van der Waals surface area contributed by atoms with Crippen LogP contribution >= 0.6 is 0 Å². The van der Waals surface area contributed by atoms with Crippen molar-refractivity contribution in [2.45, 2.75) is 64.7 Å². The summed E-state index contributed by atoms with van der Waals surface area (Å²) in [4.78, 5) is 0. The Kier molecular flexibility index (Phi) is 12.7. The molecule has 1 aliphatic carbocycles. The molecule has 20 heavy (non-hydrogen) atoms. The number of fused-ring (bicyclic) bond motifs is 1. The average Bonchev–Trinajstić information content (AvgIpc) is 2.56. The van der Waals surface area contributed by atoms with E-state index in [1.54, 1.807) is 22.3 Å². The number of hydrogen-bond acceptors (Lipinski definition) is 0. The van der Waals surface area contributed by atoms with Crippen molar-refractivity contribution in [1.82, 2.24) is 0 Å². The molecule has 0 saturated heterocycles. The molecule has 0 unspecified atom stereocenters. The van der Waals surface area contributed by atoms with Crippen molar-refractivity contribution in [2.24, 2.45) is 0 Å². The van der Waals surface area contributed by atoms with E-state index < -0.39 is 8.07 Å². The van der Waals surface area contributed by atoms with Crippen molar-refractivity contribution < 1.29 is 21.7 Å². The molecule has 114 valence electrons. The van der Waals surface area contributed by atoms with Crippen molar-refractivity contribution in [2.75, 3.05) is 0 Å². The maximum Gasteiger partial charge on any atom is 4.00 e. The Labute approximate surface area is 145 Å². The Morgan fingerprint density at radius 2 is 1.65 bits per heavy atom. The molecule has 0 atom stereocenters. The Balaban J connectivity index is -0.000000722. The predicted molar refractivity (Wildman–Crippen MR) is 94.3 cm³/mol. The van der Waals surface area contributed by atoms with Gasteiger partial charge in [0, 0.05) is 8.07 Å². The average molecular weight is 326 g/mol. The van der Waals surface area contributed by atoms with Crippen LogP contribution in [-0.4, -0.2) is 8.07 Å². The minimum atomic E-state index is -0.972. The molecule has 1 aromatic rings. The molecule has 0 N–H and O–H groups in total. The van der Waals surface area contributed by atoms with Gasteiger partial charge in [-0.25, -0.2) is 6.07 Å². The van der Waals surface area contributed by atoms with Gasteiger partial charge >= 0.3 is 21.7 Å². The topological polar surface area (TPSA) is 0 Å². The first-order valence-electron chi connectivity index (χ1n) is 6.80. The molecule has 0 heterocycles. The number of hydrogen-bond donors (Lipinski definition) is 0. The first kappa shape index (κ1) is 25.2. The molecule has 0 nitrogen and oxygen atoms in total. The van der Waals surface area contributed by atoms with Crippen molar-refractivity contribution in [3.05, 3.63) is 50.6 Å². The van der Waals surface area contributed by atoms with Gasteiger partial charge in [-0.05, 0) is 0 Å². The summed E-state index contributed by atoms with van der Waals surface area (Å²) in [6.07, 6.45) is 5.51. The quantitative estimate of drug-likeness (QED) is 0.490. The van der Waals surface area contributed by atoms with E-state index in [9.17, 15) is 0 Å². The zero-order valence-corrected chi connectivity index (χ0v) is 17.4. The van der Waals surface area contributed by atoms with Crippen molar-refractivity contribution in [1.29, 1.82) is 0 Å². The molecular weight excluding hydrogens is 292 g/mol. The SMILES string of the molecule is CC[Si](C)(C)C[c-]1c(C)cc2c1CCCC2.[CH3-].[CH3-].[CH3-].[Ti+4]. The molecule has 1 aliphatic rings. The monoisotopic (exact) mass is 326 g/mol. The van der Waals surface area contributed by atoms with Crippen LogP contribution in [0.1, 0.15) is 42.0 Å². The van der Waals surface area contributed by atoms with Crippen LogP contribution in [0.3, 0.4) is 0 Å². The molecule has 0 aromatic heterocycles. The van der Waals surface area contributed by atoms with Crippen molar-refractivity contribution >= 4 is 8.07 Å². The van der Waals surface area contributed by atoms with E-state index in [-0.39, 0.29) is 44.0 Å². The maximum atomic E-state index is 2.54. The zero-order chi connectivity index (χ0) is 11.8. The summed E-state index contributed by atoms with van der Waals surface area (Å²) in [5, 5.41) is 0. The Bertz CT molecular complexity index is 377. The maximum absolute atomic E-state index is 2.54. The molecular formula is C18H34SiTi. The standard InChI is InChI=1S/C15H25Si.3CH3.Ti/c1-5-16(3,4)11-15-12(2)10-13-8-6-7-9-14(13)15;;;;/h10H,5-9,11H2,1-4H3;3*1H3;/q4*-1;+4. The summed E-state index contributed by atoms with van der Waals surface area (Å²) in [5.74, 6) is 0. The first-order valence-corrected chi connectivity index (χ1v) is 10.2. The van der Waals surface area contributed by atoms with Crippen LogP contribution in [0.25, 0.3) is 0 Å². The third-order valence-electron chi connectivity index (χ3n) is 4.35. The van der Waals surface area contributed by atoms with Crippen molar-refractivity contribution in [3.8, 4) is 0 Å². The van der Waals surface area contributed by atoms with Crippen LogP contribution in [0.2, 0.25) is 19.1 Å². The predicted octanol–water partition coefficient (Wildman–Crippen LogP) is 5.75. The van der Waals surface area contributed by atoms with Crippen LogP contribution in [0.4, 0.5) is 0 Å². The molecule has 0 spiro atoms. The van der Waals surface area contributed by atoms with Crippen LogP contribution in [-0.2, 0) is 40.6 Å². The second-order valence-corrected chi connectivity index (χ2v) is 11.6. The number of rotatable bonds is 3. The fourth-order valence-electron chi connectivity index (χ4n) is 2.87. The van der Waals surface area contributed by atoms with Gasteiger partial charge in [-0.3, -0.25) is 0 Å². The second kappa shape index (κ2) is 10.1. The van der Waals surface area contributed by atoms with Gasteiger partial charge in [0.25, 0.3) is 0 Å².